The zero-order chi connectivity index (χ0) is 17.0. The van der Waals surface area contributed by atoms with E-state index >= 15 is 0 Å². The van der Waals surface area contributed by atoms with Gasteiger partial charge in [0.2, 0.25) is 0 Å². The van der Waals surface area contributed by atoms with E-state index in [-0.39, 0.29) is 24.8 Å². The minimum absolute atomic E-state index is 0. The van der Waals surface area contributed by atoms with Crippen LogP contribution in [0, 0.1) is 13.8 Å². The summed E-state index contributed by atoms with van der Waals surface area (Å²) >= 11 is 1.50. The van der Waals surface area contributed by atoms with Crippen molar-refractivity contribution in [2.45, 2.75) is 34.1 Å². The molecule has 2 aliphatic carbocycles. The first-order valence-corrected chi connectivity index (χ1v) is 9.76. The molecular weight excluding hydrogens is 438 g/mol. The largest absolute Gasteiger partial charge is 1.00 e. The third-order valence-electron chi connectivity index (χ3n) is 5.20. The van der Waals surface area contributed by atoms with E-state index in [0.29, 0.717) is 0 Å². The molecule has 0 atom stereocenters. The van der Waals surface area contributed by atoms with Crippen molar-refractivity contribution < 1.29 is 49.5 Å². The summed E-state index contributed by atoms with van der Waals surface area (Å²) in [6.45, 7) is 8.95. The first-order valence-electron chi connectivity index (χ1n) is 8.53. The summed E-state index contributed by atoms with van der Waals surface area (Å²) in [4.78, 5) is 0. The molecule has 2 aromatic rings. The second-order valence-electron chi connectivity index (χ2n) is 7.09. The zero-order valence-electron chi connectivity index (χ0n) is 15.5. The van der Waals surface area contributed by atoms with Gasteiger partial charge < -0.3 is 24.8 Å². The average molecular weight is 460 g/mol. The first-order chi connectivity index (χ1) is 11.5. The molecule has 0 nitrogen and oxygen atoms in total. The minimum atomic E-state index is 0. The Kier molecular flexibility index (Phi) is 6.60. The third kappa shape index (κ3) is 3.24. The van der Waals surface area contributed by atoms with Crippen LogP contribution in [0.5, 0.6) is 0 Å². The van der Waals surface area contributed by atoms with Gasteiger partial charge in [-0.25, -0.2) is 0 Å². The second-order valence-corrected chi connectivity index (χ2v) is 8.32. The van der Waals surface area contributed by atoms with E-state index in [1.54, 1.807) is 0 Å². The predicted octanol–water partition coefficient (Wildman–Crippen LogP) is -1.47. The Bertz CT molecular complexity index is 1070. The van der Waals surface area contributed by atoms with E-state index in [0.717, 1.165) is 6.42 Å². The average Bonchev–Trinajstić information content (AvgIpc) is 3.15. The van der Waals surface area contributed by atoms with E-state index in [2.05, 4.69) is 70.2 Å². The van der Waals surface area contributed by atoms with Crippen LogP contribution in [0.25, 0.3) is 25.6 Å². The maximum atomic E-state index is 2.43. The SMILES string of the molecule is CC(C)=c1cc2c(c(C3=CC=CC3)c1C)=[C]([Zr+2])c1cc(C)ccc1-2.[Cl-].[Cl-]. The number of hydrogen-bond acceptors (Lipinski definition) is 0. The molecule has 2 aliphatic rings. The molecule has 0 spiro atoms. The second kappa shape index (κ2) is 8.01. The Labute approximate surface area is 183 Å². The molecule has 131 valence electrons. The van der Waals surface area contributed by atoms with Crippen molar-refractivity contribution in [3.63, 3.8) is 0 Å². The number of hydrogen-bond donors (Lipinski definition) is 0. The quantitative estimate of drug-likeness (QED) is 0.489. The topological polar surface area (TPSA) is 0 Å². The van der Waals surface area contributed by atoms with Crippen LogP contribution in [-0.2, 0) is 24.7 Å². The summed E-state index contributed by atoms with van der Waals surface area (Å²) in [5.41, 5.74) is 11.4. The Morgan fingerprint density at radius 2 is 1.69 bits per heavy atom. The van der Waals surface area contributed by atoms with Gasteiger partial charge in [0.15, 0.2) is 0 Å². The maximum Gasteiger partial charge on any atom is -1.00 e. The molecule has 0 aromatic heterocycles. The summed E-state index contributed by atoms with van der Waals surface area (Å²) in [6, 6.07) is 9.35. The van der Waals surface area contributed by atoms with Gasteiger partial charge in [0, 0.05) is 0 Å². The Morgan fingerprint density at radius 1 is 0.962 bits per heavy atom. The molecule has 0 bridgehead atoms. The monoisotopic (exact) mass is 457 g/mol. The van der Waals surface area contributed by atoms with Gasteiger partial charge in [-0.1, -0.05) is 0 Å². The standard InChI is InChI=1S/C23H21.2ClH.Zr/c1-14(2)20-13-21-19-10-9-15(3)11-18(19)12-22(21)23(16(20)4)17-7-5-6-8-17;;;/h5-7,9-11,13H,8H2,1-4H3;2*1H;/q;;;+2/p-2. The van der Waals surface area contributed by atoms with Crippen LogP contribution >= 0.6 is 0 Å². The van der Waals surface area contributed by atoms with Gasteiger partial charge in [0.1, 0.15) is 0 Å². The van der Waals surface area contributed by atoms with Crippen molar-refractivity contribution in [2.75, 3.05) is 0 Å². The summed E-state index contributed by atoms with van der Waals surface area (Å²) in [5.74, 6) is 0. The van der Waals surface area contributed by atoms with Crippen LogP contribution in [-0.4, -0.2) is 0 Å². The molecule has 0 amide bonds. The summed E-state index contributed by atoms with van der Waals surface area (Å²) in [7, 11) is 0. The van der Waals surface area contributed by atoms with Crippen LogP contribution in [0.4, 0.5) is 0 Å². The number of rotatable bonds is 1. The van der Waals surface area contributed by atoms with E-state index in [9.17, 15) is 0 Å². The van der Waals surface area contributed by atoms with Gasteiger partial charge in [-0.3, -0.25) is 0 Å². The maximum absolute atomic E-state index is 2.43. The smallest absolute Gasteiger partial charge is 1.00 e. The molecular formula is C23H21Cl2Zr. The van der Waals surface area contributed by atoms with Gasteiger partial charge >= 0.3 is 160 Å². The Hall–Kier alpha value is -0.877. The van der Waals surface area contributed by atoms with Crippen molar-refractivity contribution in [1.29, 1.82) is 0 Å². The molecule has 26 heavy (non-hydrogen) atoms. The van der Waals surface area contributed by atoms with Gasteiger partial charge in [0.05, 0.1) is 0 Å². The van der Waals surface area contributed by atoms with Crippen molar-refractivity contribution in [3.8, 4) is 11.1 Å². The number of allylic oxidation sites excluding steroid dienone is 4. The molecule has 3 heteroatoms. The van der Waals surface area contributed by atoms with E-state index in [1.165, 1.54) is 83.0 Å². The van der Waals surface area contributed by atoms with Gasteiger partial charge in [-0.2, -0.15) is 0 Å². The summed E-state index contributed by atoms with van der Waals surface area (Å²) in [5, 5.41) is 2.90. The number of fused-ring (bicyclic) bond motifs is 3. The molecule has 0 radical (unpaired) electrons. The molecule has 0 unspecified atom stereocenters. The van der Waals surface area contributed by atoms with Crippen molar-refractivity contribution >= 4 is 14.4 Å². The number of halogens is 2. The molecule has 0 fully saturated rings. The fraction of sp³-hybridized carbons (Fsp3) is 0.217. The third-order valence-corrected chi connectivity index (χ3v) is 6.48. The van der Waals surface area contributed by atoms with Gasteiger partial charge in [0.25, 0.3) is 0 Å². The van der Waals surface area contributed by atoms with E-state index in [4.69, 9.17) is 0 Å². The molecule has 0 N–H and O–H groups in total. The van der Waals surface area contributed by atoms with Crippen LogP contribution in [0.15, 0.2) is 42.5 Å². The van der Waals surface area contributed by atoms with Crippen molar-refractivity contribution in [3.05, 3.63) is 75.2 Å². The van der Waals surface area contributed by atoms with Crippen LogP contribution in [0.1, 0.15) is 42.5 Å². The molecule has 4 rings (SSSR count). The zero-order valence-corrected chi connectivity index (χ0v) is 19.5. The number of benzene rings is 2. The van der Waals surface area contributed by atoms with Crippen LogP contribution < -0.4 is 35.3 Å². The molecule has 0 saturated heterocycles. The molecule has 0 saturated carbocycles. The fourth-order valence-electron chi connectivity index (χ4n) is 4.04. The van der Waals surface area contributed by atoms with Crippen LogP contribution in [0.3, 0.4) is 0 Å². The minimum Gasteiger partial charge on any atom is -1.00 e. The predicted molar refractivity (Wildman–Crippen MR) is 99.6 cm³/mol. The van der Waals surface area contributed by atoms with Crippen molar-refractivity contribution in [2.24, 2.45) is 0 Å². The summed E-state index contributed by atoms with van der Waals surface area (Å²) in [6.07, 6.45) is 7.82. The normalized spacial score (nSPS) is 13.6. The van der Waals surface area contributed by atoms with Gasteiger partial charge in [-0.15, -0.1) is 0 Å². The van der Waals surface area contributed by atoms with E-state index in [1.807, 2.05) is 0 Å². The fourth-order valence-corrected chi connectivity index (χ4v) is 5.19. The Morgan fingerprint density at radius 3 is 2.31 bits per heavy atom. The van der Waals surface area contributed by atoms with Crippen molar-refractivity contribution in [1.82, 2.24) is 0 Å². The van der Waals surface area contributed by atoms with Crippen LogP contribution in [0.2, 0.25) is 0 Å². The Balaban J connectivity index is 0.00000121. The summed E-state index contributed by atoms with van der Waals surface area (Å²) < 4.78 is 1.52. The van der Waals surface area contributed by atoms with E-state index < -0.39 is 0 Å². The number of aryl methyl sites for hydroxylation is 1. The van der Waals surface area contributed by atoms with Gasteiger partial charge in [-0.05, 0) is 0 Å². The first kappa shape index (κ1) is 21.4. The molecule has 2 aromatic carbocycles. The molecule has 0 heterocycles. The molecule has 0 aliphatic heterocycles.